The summed E-state index contributed by atoms with van der Waals surface area (Å²) in [5, 5.41) is 9.05. The van der Waals surface area contributed by atoms with Crippen molar-refractivity contribution in [3.63, 3.8) is 0 Å². The SMILES string of the molecule is CCCCCCCCCCCCC(CC(O)CCCCC)S(=O)(=O)[O-].[Na+]. The van der Waals surface area contributed by atoms with Crippen LogP contribution in [-0.2, 0) is 10.1 Å². The van der Waals surface area contributed by atoms with Gasteiger partial charge in [0.05, 0.1) is 21.5 Å². The summed E-state index contributed by atoms with van der Waals surface area (Å²) in [6.45, 7) is 4.31. The predicted molar refractivity (Wildman–Crippen MR) is 105 cm³/mol. The molecule has 2 unspecified atom stereocenters. The Hall–Kier alpha value is 0.870. The summed E-state index contributed by atoms with van der Waals surface area (Å²) in [7, 11) is -4.31. The van der Waals surface area contributed by atoms with Crippen LogP contribution in [0.1, 0.15) is 117 Å². The summed E-state index contributed by atoms with van der Waals surface area (Å²) in [6, 6.07) is 0. The molecule has 0 spiro atoms. The number of aliphatic hydroxyl groups excluding tert-OH is 1. The molecule has 0 aliphatic rings. The normalized spacial score (nSPS) is 14.0. The van der Waals surface area contributed by atoms with Crippen LogP contribution in [0.15, 0.2) is 0 Å². The molecule has 0 amide bonds. The fourth-order valence-corrected chi connectivity index (χ4v) is 4.20. The molecule has 0 aromatic heterocycles. The molecule has 0 aromatic rings. The van der Waals surface area contributed by atoms with E-state index in [1.54, 1.807) is 0 Å². The molecule has 0 saturated carbocycles. The van der Waals surface area contributed by atoms with Gasteiger partial charge in [0.2, 0.25) is 0 Å². The summed E-state index contributed by atoms with van der Waals surface area (Å²) < 4.78 is 34.3. The molecule has 0 radical (unpaired) electrons. The summed E-state index contributed by atoms with van der Waals surface area (Å²) in [5.41, 5.74) is 0. The fourth-order valence-electron chi connectivity index (χ4n) is 3.29. The standard InChI is InChI=1S/C20H42O4S.Na/c1-3-5-7-8-9-10-11-12-13-15-17-20(25(22,23)24)18-19(21)16-14-6-4-2;/h19-21H,3-18H2,1-2H3,(H,22,23,24);/q;+1/p-1. The van der Waals surface area contributed by atoms with Crippen molar-refractivity contribution < 1.29 is 47.6 Å². The third-order valence-electron chi connectivity index (χ3n) is 4.96. The molecule has 4 nitrogen and oxygen atoms in total. The Morgan fingerprint density at radius 2 is 1.12 bits per heavy atom. The zero-order valence-corrected chi connectivity index (χ0v) is 20.4. The molecule has 0 rings (SSSR count). The third-order valence-corrected chi connectivity index (χ3v) is 6.21. The minimum atomic E-state index is -4.31. The summed E-state index contributed by atoms with van der Waals surface area (Å²) in [5.74, 6) is 0. The van der Waals surface area contributed by atoms with Crippen molar-refractivity contribution >= 4 is 10.1 Å². The van der Waals surface area contributed by atoms with Gasteiger partial charge in [0.25, 0.3) is 0 Å². The van der Waals surface area contributed by atoms with Crippen LogP contribution in [0, 0.1) is 0 Å². The van der Waals surface area contributed by atoms with E-state index in [-0.39, 0.29) is 36.0 Å². The van der Waals surface area contributed by atoms with E-state index in [9.17, 15) is 18.1 Å². The van der Waals surface area contributed by atoms with Crippen LogP contribution >= 0.6 is 0 Å². The largest absolute Gasteiger partial charge is 1.00 e. The van der Waals surface area contributed by atoms with E-state index in [0.29, 0.717) is 12.8 Å². The van der Waals surface area contributed by atoms with Crippen LogP contribution in [0.25, 0.3) is 0 Å². The van der Waals surface area contributed by atoms with E-state index >= 15 is 0 Å². The molecular formula is C20H41NaO4S. The Labute approximate surface area is 185 Å². The van der Waals surface area contributed by atoms with Gasteiger partial charge in [-0.1, -0.05) is 97.3 Å². The second-order valence-electron chi connectivity index (χ2n) is 7.47. The smallest absolute Gasteiger partial charge is 0.748 e. The van der Waals surface area contributed by atoms with Crippen LogP contribution in [0.4, 0.5) is 0 Å². The molecule has 26 heavy (non-hydrogen) atoms. The van der Waals surface area contributed by atoms with E-state index < -0.39 is 21.5 Å². The van der Waals surface area contributed by atoms with Gasteiger partial charge in [-0.3, -0.25) is 0 Å². The Morgan fingerprint density at radius 3 is 1.58 bits per heavy atom. The van der Waals surface area contributed by atoms with Gasteiger partial charge >= 0.3 is 29.6 Å². The molecule has 0 aliphatic carbocycles. The molecule has 1 N–H and O–H groups in total. The maximum atomic E-state index is 11.4. The molecule has 0 bridgehead atoms. The van der Waals surface area contributed by atoms with Gasteiger partial charge in [-0.15, -0.1) is 0 Å². The minimum Gasteiger partial charge on any atom is -0.748 e. The minimum absolute atomic E-state index is 0. The number of hydrogen-bond acceptors (Lipinski definition) is 4. The van der Waals surface area contributed by atoms with Crippen LogP contribution in [-0.4, -0.2) is 29.4 Å². The van der Waals surface area contributed by atoms with E-state index in [1.165, 1.54) is 44.9 Å². The average molecular weight is 401 g/mol. The van der Waals surface area contributed by atoms with Crippen LogP contribution in [0.5, 0.6) is 0 Å². The second-order valence-corrected chi connectivity index (χ2v) is 9.12. The third kappa shape index (κ3) is 18.2. The monoisotopic (exact) mass is 400 g/mol. The first kappa shape index (κ1) is 29.1. The summed E-state index contributed by atoms with van der Waals surface area (Å²) >= 11 is 0. The molecule has 6 heteroatoms. The van der Waals surface area contributed by atoms with Crippen LogP contribution in [0.2, 0.25) is 0 Å². The quantitative estimate of drug-likeness (QED) is 0.218. The Kier molecular flexibility index (Phi) is 21.5. The molecular weight excluding hydrogens is 359 g/mol. The van der Waals surface area contributed by atoms with Crippen LogP contribution in [0.3, 0.4) is 0 Å². The molecule has 0 aromatic carbocycles. The number of rotatable bonds is 18. The number of aliphatic hydroxyl groups is 1. The maximum absolute atomic E-state index is 11.4. The maximum Gasteiger partial charge on any atom is 1.00 e. The van der Waals surface area contributed by atoms with Crippen molar-refractivity contribution in [2.75, 3.05) is 0 Å². The van der Waals surface area contributed by atoms with Crippen LogP contribution < -0.4 is 29.6 Å². The molecule has 0 aliphatic heterocycles. The average Bonchev–Trinajstić information content (AvgIpc) is 2.54. The van der Waals surface area contributed by atoms with Gasteiger partial charge in [-0.05, 0) is 19.3 Å². The van der Waals surface area contributed by atoms with E-state index in [0.717, 1.165) is 38.5 Å². The number of unbranched alkanes of at least 4 members (excludes halogenated alkanes) is 11. The molecule has 0 fully saturated rings. The Bertz CT molecular complexity index is 387. The van der Waals surface area contributed by atoms with Crippen molar-refractivity contribution in [3.8, 4) is 0 Å². The Morgan fingerprint density at radius 1 is 0.731 bits per heavy atom. The molecule has 0 heterocycles. The second kappa shape index (κ2) is 19.2. The fraction of sp³-hybridized carbons (Fsp3) is 1.00. The van der Waals surface area contributed by atoms with E-state index in [4.69, 9.17) is 0 Å². The molecule has 2 atom stereocenters. The first-order valence-corrected chi connectivity index (χ1v) is 12.0. The summed E-state index contributed by atoms with van der Waals surface area (Å²) in [4.78, 5) is 0. The van der Waals surface area contributed by atoms with Gasteiger partial charge in [-0.2, -0.15) is 0 Å². The zero-order chi connectivity index (χ0) is 19.0. The first-order valence-electron chi connectivity index (χ1n) is 10.5. The van der Waals surface area contributed by atoms with Gasteiger partial charge in [0.15, 0.2) is 0 Å². The first-order chi connectivity index (χ1) is 11.9. The van der Waals surface area contributed by atoms with Gasteiger partial charge in [-0.25, -0.2) is 8.42 Å². The predicted octanol–water partition coefficient (Wildman–Crippen LogP) is 2.55. The van der Waals surface area contributed by atoms with Crippen molar-refractivity contribution in [2.45, 2.75) is 128 Å². The topological polar surface area (TPSA) is 77.4 Å². The Balaban J connectivity index is 0. The molecule has 0 saturated heterocycles. The zero-order valence-electron chi connectivity index (χ0n) is 17.5. The van der Waals surface area contributed by atoms with Crippen molar-refractivity contribution in [3.05, 3.63) is 0 Å². The summed E-state index contributed by atoms with van der Waals surface area (Å²) in [6.07, 6.45) is 15.3. The van der Waals surface area contributed by atoms with Crippen molar-refractivity contribution in [1.29, 1.82) is 0 Å². The molecule has 152 valence electrons. The van der Waals surface area contributed by atoms with Crippen molar-refractivity contribution in [1.82, 2.24) is 0 Å². The van der Waals surface area contributed by atoms with Gasteiger partial charge in [0.1, 0.15) is 0 Å². The van der Waals surface area contributed by atoms with Gasteiger partial charge < -0.3 is 9.66 Å². The van der Waals surface area contributed by atoms with Gasteiger partial charge in [0, 0.05) is 0 Å². The van der Waals surface area contributed by atoms with E-state index in [2.05, 4.69) is 13.8 Å². The number of hydrogen-bond donors (Lipinski definition) is 1. The van der Waals surface area contributed by atoms with E-state index in [1.807, 2.05) is 0 Å². The van der Waals surface area contributed by atoms with Crippen molar-refractivity contribution in [2.24, 2.45) is 0 Å².